The van der Waals surface area contributed by atoms with Crippen molar-refractivity contribution in [1.29, 1.82) is 0 Å². The topological polar surface area (TPSA) is 12.5 Å². The first-order valence-corrected chi connectivity index (χ1v) is 8.59. The minimum atomic E-state index is -0.445. The Hall–Kier alpha value is -0.770. The Kier molecular flexibility index (Phi) is 6.58. The van der Waals surface area contributed by atoms with E-state index in [0.717, 1.165) is 40.7 Å². The zero-order valence-electron chi connectivity index (χ0n) is 13.8. The maximum Gasteiger partial charge on any atom is 0.122 e. The van der Waals surface area contributed by atoms with Gasteiger partial charge in [0.05, 0.1) is 0 Å². The Morgan fingerprint density at radius 1 is 0.958 bits per heavy atom. The number of rotatable bonds is 4. The van der Waals surface area contributed by atoms with E-state index in [9.17, 15) is 0 Å². The van der Waals surface area contributed by atoms with E-state index in [4.69, 9.17) is 27.9 Å². The summed E-state index contributed by atoms with van der Waals surface area (Å²) in [5, 5.41) is 1.48. The van der Waals surface area contributed by atoms with Crippen LogP contribution in [0.25, 0.3) is 0 Å². The number of halogens is 3. The Bertz CT molecular complexity index is 610. The van der Waals surface area contributed by atoms with Crippen LogP contribution >= 0.6 is 35.6 Å². The molecule has 130 valence electrons. The van der Waals surface area contributed by atoms with Gasteiger partial charge in [-0.1, -0.05) is 47.5 Å². The second-order valence-electron chi connectivity index (χ2n) is 6.35. The van der Waals surface area contributed by atoms with Crippen molar-refractivity contribution in [2.24, 2.45) is 5.92 Å². The van der Waals surface area contributed by atoms with Crippen molar-refractivity contribution in [2.75, 3.05) is 27.2 Å². The lowest BCUT2D eigenvalue weighted by atomic mass is 9.76. The van der Waals surface area contributed by atoms with Crippen molar-refractivity contribution in [1.82, 2.24) is 4.90 Å². The van der Waals surface area contributed by atoms with Gasteiger partial charge in [-0.05, 0) is 55.9 Å². The van der Waals surface area contributed by atoms with Gasteiger partial charge in [0, 0.05) is 29.1 Å². The van der Waals surface area contributed by atoms with Crippen LogP contribution in [-0.4, -0.2) is 32.1 Å². The zero-order chi connectivity index (χ0) is 16.4. The van der Waals surface area contributed by atoms with E-state index in [-0.39, 0.29) is 12.4 Å². The summed E-state index contributed by atoms with van der Waals surface area (Å²) in [6.07, 6.45) is 1.03. The van der Waals surface area contributed by atoms with Gasteiger partial charge in [-0.2, -0.15) is 0 Å². The normalized spacial score (nSPS) is 19.3. The smallest absolute Gasteiger partial charge is 0.122 e. The first-order chi connectivity index (χ1) is 11.0. The van der Waals surface area contributed by atoms with E-state index >= 15 is 0 Å². The van der Waals surface area contributed by atoms with E-state index < -0.39 is 5.60 Å². The van der Waals surface area contributed by atoms with E-state index in [2.05, 4.69) is 43.3 Å². The van der Waals surface area contributed by atoms with Crippen LogP contribution < -0.4 is 0 Å². The number of nitrogens with zero attached hydrogens (tertiary/aromatic N) is 1. The minimum absolute atomic E-state index is 0. The molecule has 1 atom stereocenters. The molecule has 0 N–H and O–H groups in total. The summed E-state index contributed by atoms with van der Waals surface area (Å²) in [7, 11) is 4.21. The third kappa shape index (κ3) is 3.74. The SMILES string of the molecule is CN(C)CC1CCOC1(c1ccc(Cl)cc1)c1ccc(Cl)cc1.Cl. The molecule has 1 aliphatic rings. The predicted molar refractivity (Wildman–Crippen MR) is 104 cm³/mol. The first-order valence-electron chi connectivity index (χ1n) is 7.83. The number of ether oxygens (including phenoxy) is 1. The standard InChI is InChI=1S/C19H21Cl2NO.ClH/c1-22(2)13-16-11-12-23-19(16,14-3-7-17(20)8-4-14)15-5-9-18(21)10-6-15;/h3-10,16H,11-13H2,1-2H3;1H. The fourth-order valence-electron chi connectivity index (χ4n) is 3.54. The Balaban J connectivity index is 0.00000208. The molecule has 5 heteroatoms. The van der Waals surface area contributed by atoms with Gasteiger partial charge in [0.15, 0.2) is 0 Å². The maximum atomic E-state index is 6.39. The summed E-state index contributed by atoms with van der Waals surface area (Å²) in [5.41, 5.74) is 1.85. The van der Waals surface area contributed by atoms with Crippen LogP contribution in [0.4, 0.5) is 0 Å². The first kappa shape index (κ1) is 19.6. The summed E-state index contributed by atoms with van der Waals surface area (Å²) in [4.78, 5) is 2.22. The van der Waals surface area contributed by atoms with Crippen molar-refractivity contribution in [2.45, 2.75) is 12.0 Å². The number of hydrogen-bond acceptors (Lipinski definition) is 2. The van der Waals surface area contributed by atoms with Crippen LogP contribution in [0.1, 0.15) is 17.5 Å². The van der Waals surface area contributed by atoms with Gasteiger partial charge in [-0.3, -0.25) is 0 Å². The Morgan fingerprint density at radius 3 is 1.83 bits per heavy atom. The third-order valence-electron chi connectivity index (χ3n) is 4.50. The average molecular weight is 387 g/mol. The summed E-state index contributed by atoms with van der Waals surface area (Å²) >= 11 is 12.2. The highest BCUT2D eigenvalue weighted by Gasteiger charge is 2.47. The molecule has 0 radical (unpaired) electrons. The summed E-state index contributed by atoms with van der Waals surface area (Å²) in [6.45, 7) is 1.72. The molecule has 24 heavy (non-hydrogen) atoms. The highest BCUT2D eigenvalue weighted by molar-refractivity contribution is 6.30. The maximum absolute atomic E-state index is 6.39. The molecule has 0 amide bonds. The Labute approximate surface area is 160 Å². The van der Waals surface area contributed by atoms with Crippen LogP contribution in [0.2, 0.25) is 10.0 Å². The predicted octanol–water partition coefficient (Wildman–Crippen LogP) is 5.26. The highest BCUT2D eigenvalue weighted by Crippen LogP contribution is 2.47. The van der Waals surface area contributed by atoms with Gasteiger partial charge >= 0.3 is 0 Å². The van der Waals surface area contributed by atoms with Gasteiger partial charge in [0.1, 0.15) is 5.60 Å². The highest BCUT2D eigenvalue weighted by atomic mass is 35.5. The van der Waals surface area contributed by atoms with Crippen LogP contribution in [0, 0.1) is 5.92 Å². The number of benzene rings is 2. The molecule has 1 unspecified atom stereocenters. The quantitative estimate of drug-likeness (QED) is 0.711. The van der Waals surface area contributed by atoms with Crippen molar-refractivity contribution >= 4 is 35.6 Å². The molecule has 2 nitrogen and oxygen atoms in total. The fraction of sp³-hybridized carbons (Fsp3) is 0.368. The van der Waals surface area contributed by atoms with Gasteiger partial charge in [0.2, 0.25) is 0 Å². The fourth-order valence-corrected chi connectivity index (χ4v) is 3.80. The van der Waals surface area contributed by atoms with Crippen LogP contribution in [-0.2, 0) is 10.3 Å². The van der Waals surface area contributed by atoms with Gasteiger partial charge in [0.25, 0.3) is 0 Å². The van der Waals surface area contributed by atoms with Crippen molar-refractivity contribution in [3.05, 3.63) is 69.7 Å². The molecule has 1 aliphatic heterocycles. The average Bonchev–Trinajstić information content (AvgIpc) is 2.92. The summed E-state index contributed by atoms with van der Waals surface area (Å²) in [5.74, 6) is 0.375. The Morgan fingerprint density at radius 2 is 1.42 bits per heavy atom. The van der Waals surface area contributed by atoms with Crippen molar-refractivity contribution in [3.8, 4) is 0 Å². The van der Waals surface area contributed by atoms with Crippen LogP contribution in [0.5, 0.6) is 0 Å². The molecule has 3 rings (SSSR count). The number of hydrogen-bond donors (Lipinski definition) is 0. The van der Waals surface area contributed by atoms with E-state index in [1.165, 1.54) is 0 Å². The monoisotopic (exact) mass is 385 g/mol. The molecule has 1 heterocycles. The van der Waals surface area contributed by atoms with Gasteiger partial charge in [-0.25, -0.2) is 0 Å². The van der Waals surface area contributed by atoms with Crippen LogP contribution in [0.3, 0.4) is 0 Å². The lowest BCUT2D eigenvalue weighted by Crippen LogP contribution is -2.39. The van der Waals surface area contributed by atoms with E-state index in [0.29, 0.717) is 5.92 Å². The van der Waals surface area contributed by atoms with Crippen LogP contribution in [0.15, 0.2) is 48.5 Å². The van der Waals surface area contributed by atoms with Gasteiger partial charge in [-0.15, -0.1) is 12.4 Å². The second-order valence-corrected chi connectivity index (χ2v) is 7.22. The molecule has 0 saturated carbocycles. The van der Waals surface area contributed by atoms with Gasteiger partial charge < -0.3 is 9.64 Å². The molecule has 0 bridgehead atoms. The molecule has 0 aliphatic carbocycles. The summed E-state index contributed by atoms with van der Waals surface area (Å²) in [6, 6.07) is 16.0. The lowest BCUT2D eigenvalue weighted by Gasteiger charge is -2.37. The molecular weight excluding hydrogens is 365 g/mol. The molecule has 2 aromatic rings. The van der Waals surface area contributed by atoms with Crippen molar-refractivity contribution in [3.63, 3.8) is 0 Å². The minimum Gasteiger partial charge on any atom is -0.365 e. The zero-order valence-corrected chi connectivity index (χ0v) is 16.2. The molecule has 1 fully saturated rings. The third-order valence-corrected chi connectivity index (χ3v) is 5.01. The largest absolute Gasteiger partial charge is 0.365 e. The van der Waals surface area contributed by atoms with E-state index in [1.54, 1.807) is 0 Å². The summed E-state index contributed by atoms with van der Waals surface area (Å²) < 4.78 is 6.39. The molecule has 2 aromatic carbocycles. The molecule has 0 aromatic heterocycles. The lowest BCUT2D eigenvalue weighted by molar-refractivity contribution is 0.00438. The van der Waals surface area contributed by atoms with E-state index in [1.807, 2.05) is 24.3 Å². The molecule has 1 saturated heterocycles. The second kappa shape index (κ2) is 8.07. The molecule has 0 spiro atoms. The molecular formula is C19H22Cl3NO. The van der Waals surface area contributed by atoms with Crippen molar-refractivity contribution < 1.29 is 4.74 Å².